The molecule has 2 atom stereocenters. The Kier molecular flexibility index (Phi) is 7.14. The Morgan fingerprint density at radius 2 is 1.39 bits per heavy atom. The van der Waals surface area contributed by atoms with Gasteiger partial charge in [-0.05, 0) is 12.8 Å². The van der Waals surface area contributed by atoms with Crippen LogP contribution in [0.1, 0.15) is 48.5 Å². The predicted octanol–water partition coefficient (Wildman–Crippen LogP) is 1.74. The molecule has 0 saturated heterocycles. The van der Waals surface area contributed by atoms with Crippen LogP contribution in [0.2, 0.25) is 0 Å². The van der Waals surface area contributed by atoms with Gasteiger partial charge in [-0.25, -0.2) is 0 Å². The van der Waals surface area contributed by atoms with Crippen molar-refractivity contribution < 1.29 is 9.59 Å². The fourth-order valence-corrected chi connectivity index (χ4v) is 1.80. The number of carbonyl (C=O) groups excluding carboxylic acids is 2. The summed E-state index contributed by atoms with van der Waals surface area (Å²) in [6.07, 6.45) is 0. The molecule has 0 radical (unpaired) electrons. The Morgan fingerprint density at radius 1 is 0.889 bits per heavy atom. The Labute approximate surface area is 111 Å². The predicted molar refractivity (Wildman–Crippen MR) is 74.3 cm³/mol. The third kappa shape index (κ3) is 5.63. The molecule has 0 aliphatic carbocycles. The van der Waals surface area contributed by atoms with Crippen molar-refractivity contribution >= 4 is 11.7 Å². The van der Waals surface area contributed by atoms with E-state index in [1.54, 1.807) is 6.92 Å². The van der Waals surface area contributed by atoms with Gasteiger partial charge < -0.3 is 10.6 Å². The highest BCUT2D eigenvalue weighted by Crippen LogP contribution is 2.05. The number of hydrogen-bond donors (Lipinski definition) is 2. The summed E-state index contributed by atoms with van der Waals surface area (Å²) in [5.74, 6) is 0.0974. The van der Waals surface area contributed by atoms with Crippen LogP contribution in [0.25, 0.3) is 0 Å². The van der Waals surface area contributed by atoms with Gasteiger partial charge in [-0.3, -0.25) is 9.59 Å². The van der Waals surface area contributed by atoms with Crippen LogP contribution in [0.15, 0.2) is 0 Å². The maximum atomic E-state index is 12.1. The van der Waals surface area contributed by atoms with Gasteiger partial charge in [0.25, 0.3) is 0 Å². The Hall–Kier alpha value is -0.900. The van der Waals surface area contributed by atoms with Crippen molar-refractivity contribution in [3.63, 3.8) is 0 Å². The minimum Gasteiger partial charge on any atom is -0.345 e. The van der Waals surface area contributed by atoms with Crippen LogP contribution in [0.5, 0.6) is 0 Å². The van der Waals surface area contributed by atoms with E-state index < -0.39 is 6.04 Å². The fraction of sp³-hybridized carbons (Fsp3) is 0.857. The van der Waals surface area contributed by atoms with Crippen molar-refractivity contribution in [1.82, 2.24) is 10.6 Å². The van der Waals surface area contributed by atoms with E-state index in [1.165, 1.54) is 0 Å². The number of nitrogens with one attached hydrogen (secondary N) is 2. The molecule has 0 aromatic heterocycles. The molecule has 0 bridgehead atoms. The van der Waals surface area contributed by atoms with Gasteiger partial charge in [-0.15, -0.1) is 0 Å². The van der Waals surface area contributed by atoms with Gasteiger partial charge in [-0.1, -0.05) is 41.5 Å². The SMILES string of the molecule is CC(C)N[C@H](C(=O)NC(C)C(=O)C(C)C)C(C)C. The normalized spacial score (nSPS) is 15.0. The summed E-state index contributed by atoms with van der Waals surface area (Å²) in [4.78, 5) is 23.9. The number of carbonyl (C=O) groups is 2. The number of rotatable bonds is 7. The van der Waals surface area contributed by atoms with Gasteiger partial charge in [0.15, 0.2) is 5.78 Å². The monoisotopic (exact) mass is 256 g/mol. The lowest BCUT2D eigenvalue weighted by Gasteiger charge is -2.26. The topological polar surface area (TPSA) is 58.2 Å². The summed E-state index contributed by atoms with van der Waals surface area (Å²) < 4.78 is 0. The molecule has 0 saturated carbocycles. The number of hydrogen-bond acceptors (Lipinski definition) is 3. The lowest BCUT2D eigenvalue weighted by atomic mass is 10.00. The lowest BCUT2D eigenvalue weighted by molar-refractivity contribution is -0.130. The summed E-state index contributed by atoms with van der Waals surface area (Å²) in [5, 5.41) is 6.03. The maximum Gasteiger partial charge on any atom is 0.237 e. The van der Waals surface area contributed by atoms with Crippen molar-refractivity contribution in [2.75, 3.05) is 0 Å². The second-order valence-corrected chi connectivity index (χ2v) is 5.83. The van der Waals surface area contributed by atoms with E-state index in [0.29, 0.717) is 0 Å². The zero-order valence-electron chi connectivity index (χ0n) is 12.7. The molecular formula is C14H28N2O2. The summed E-state index contributed by atoms with van der Waals surface area (Å²) in [5.41, 5.74) is 0. The summed E-state index contributed by atoms with van der Waals surface area (Å²) >= 11 is 0. The Balaban J connectivity index is 4.56. The fourth-order valence-electron chi connectivity index (χ4n) is 1.80. The van der Waals surface area contributed by atoms with Gasteiger partial charge in [0, 0.05) is 12.0 Å². The average Bonchev–Trinajstić information content (AvgIpc) is 2.23. The smallest absolute Gasteiger partial charge is 0.237 e. The second-order valence-electron chi connectivity index (χ2n) is 5.83. The van der Waals surface area contributed by atoms with E-state index in [9.17, 15) is 9.59 Å². The highest BCUT2D eigenvalue weighted by molar-refractivity contribution is 5.91. The summed E-state index contributed by atoms with van der Waals surface area (Å²) in [7, 11) is 0. The molecule has 0 fully saturated rings. The van der Waals surface area contributed by atoms with E-state index in [-0.39, 0.29) is 35.6 Å². The zero-order chi connectivity index (χ0) is 14.5. The highest BCUT2D eigenvalue weighted by Gasteiger charge is 2.26. The first-order chi connectivity index (χ1) is 8.16. The molecule has 4 heteroatoms. The molecule has 1 unspecified atom stereocenters. The van der Waals surface area contributed by atoms with Gasteiger partial charge >= 0.3 is 0 Å². The van der Waals surface area contributed by atoms with Crippen LogP contribution in [0.3, 0.4) is 0 Å². The van der Waals surface area contributed by atoms with Crippen molar-refractivity contribution in [3.05, 3.63) is 0 Å². The quantitative estimate of drug-likeness (QED) is 0.729. The molecule has 4 nitrogen and oxygen atoms in total. The molecule has 0 aromatic rings. The summed E-state index contributed by atoms with van der Waals surface area (Å²) in [6.45, 7) is 13.4. The maximum absolute atomic E-state index is 12.1. The van der Waals surface area contributed by atoms with Crippen LogP contribution in [-0.2, 0) is 9.59 Å². The molecule has 18 heavy (non-hydrogen) atoms. The van der Waals surface area contributed by atoms with E-state index in [2.05, 4.69) is 10.6 Å². The minimum atomic E-state index is -0.423. The molecule has 0 spiro atoms. The average molecular weight is 256 g/mol. The van der Waals surface area contributed by atoms with E-state index in [1.807, 2.05) is 41.5 Å². The van der Waals surface area contributed by atoms with Crippen molar-refractivity contribution in [1.29, 1.82) is 0 Å². The van der Waals surface area contributed by atoms with Crippen LogP contribution >= 0.6 is 0 Å². The van der Waals surface area contributed by atoms with Crippen LogP contribution in [0, 0.1) is 11.8 Å². The van der Waals surface area contributed by atoms with Crippen molar-refractivity contribution in [2.45, 2.75) is 66.6 Å². The van der Waals surface area contributed by atoms with Crippen LogP contribution in [0.4, 0.5) is 0 Å². The van der Waals surface area contributed by atoms with Crippen molar-refractivity contribution in [3.8, 4) is 0 Å². The standard InChI is InChI=1S/C14H28N2O2/c1-8(2)12(15-10(5)6)14(18)16-11(7)13(17)9(3)4/h8-12,15H,1-7H3,(H,16,18)/t11?,12-/m0/s1. The van der Waals surface area contributed by atoms with E-state index >= 15 is 0 Å². The Morgan fingerprint density at radius 3 is 1.72 bits per heavy atom. The third-order valence-electron chi connectivity index (χ3n) is 2.82. The van der Waals surface area contributed by atoms with Crippen LogP contribution < -0.4 is 10.6 Å². The third-order valence-corrected chi connectivity index (χ3v) is 2.82. The zero-order valence-corrected chi connectivity index (χ0v) is 12.7. The molecule has 0 rings (SSSR count). The molecule has 106 valence electrons. The second kappa shape index (κ2) is 7.52. The highest BCUT2D eigenvalue weighted by atomic mass is 16.2. The molecule has 1 amide bonds. The number of Topliss-reactive ketones (excluding diaryl/α,β-unsaturated/α-hetero) is 1. The lowest BCUT2D eigenvalue weighted by Crippen LogP contribution is -2.53. The van der Waals surface area contributed by atoms with Gasteiger partial charge in [0.1, 0.15) is 0 Å². The van der Waals surface area contributed by atoms with Gasteiger partial charge in [-0.2, -0.15) is 0 Å². The number of amides is 1. The first-order valence-electron chi connectivity index (χ1n) is 6.77. The van der Waals surface area contributed by atoms with Crippen molar-refractivity contribution in [2.24, 2.45) is 11.8 Å². The largest absolute Gasteiger partial charge is 0.345 e. The Bertz CT molecular complexity index is 286. The molecule has 2 N–H and O–H groups in total. The first-order valence-corrected chi connectivity index (χ1v) is 6.77. The van der Waals surface area contributed by atoms with E-state index in [0.717, 1.165) is 0 Å². The molecule has 0 aliphatic heterocycles. The first kappa shape index (κ1) is 17.1. The number of ketones is 1. The molecule has 0 aliphatic rings. The molecule has 0 aromatic carbocycles. The van der Waals surface area contributed by atoms with Gasteiger partial charge in [0.05, 0.1) is 12.1 Å². The van der Waals surface area contributed by atoms with E-state index in [4.69, 9.17) is 0 Å². The molecule has 0 heterocycles. The van der Waals surface area contributed by atoms with Crippen LogP contribution in [-0.4, -0.2) is 29.8 Å². The summed E-state index contributed by atoms with van der Waals surface area (Å²) in [6, 6.07) is -0.445. The molecular weight excluding hydrogens is 228 g/mol. The minimum absolute atomic E-state index is 0.0594. The van der Waals surface area contributed by atoms with Gasteiger partial charge in [0.2, 0.25) is 5.91 Å².